The van der Waals surface area contributed by atoms with E-state index in [1.165, 1.54) is 17.7 Å². The Balaban J connectivity index is 2.02. The SMILES string of the molecule is CCc1ccc(NCc2ccc(F)cc2F)cc1. The lowest BCUT2D eigenvalue weighted by molar-refractivity contribution is 0.574. The Kier molecular flexibility index (Phi) is 3.92. The first-order valence-electron chi connectivity index (χ1n) is 5.96. The van der Waals surface area contributed by atoms with Crippen molar-refractivity contribution in [2.45, 2.75) is 19.9 Å². The molecule has 0 radical (unpaired) electrons. The highest BCUT2D eigenvalue weighted by Gasteiger charge is 2.03. The van der Waals surface area contributed by atoms with Crippen molar-refractivity contribution in [2.75, 3.05) is 5.32 Å². The van der Waals surface area contributed by atoms with Gasteiger partial charge in [-0.25, -0.2) is 8.78 Å². The number of halogens is 2. The van der Waals surface area contributed by atoms with Gasteiger partial charge < -0.3 is 5.32 Å². The van der Waals surface area contributed by atoms with E-state index in [4.69, 9.17) is 0 Å². The molecule has 0 bridgehead atoms. The zero-order valence-electron chi connectivity index (χ0n) is 10.2. The summed E-state index contributed by atoms with van der Waals surface area (Å²) in [7, 11) is 0. The Morgan fingerprint density at radius 1 is 1.00 bits per heavy atom. The highest BCUT2D eigenvalue weighted by atomic mass is 19.1. The number of aryl methyl sites for hydroxylation is 1. The van der Waals surface area contributed by atoms with E-state index in [0.717, 1.165) is 18.2 Å². The van der Waals surface area contributed by atoms with Crippen LogP contribution >= 0.6 is 0 Å². The van der Waals surface area contributed by atoms with E-state index < -0.39 is 11.6 Å². The molecule has 3 heteroatoms. The molecule has 0 aliphatic carbocycles. The van der Waals surface area contributed by atoms with Gasteiger partial charge in [0.1, 0.15) is 11.6 Å². The average molecular weight is 247 g/mol. The van der Waals surface area contributed by atoms with Crippen molar-refractivity contribution in [3.63, 3.8) is 0 Å². The molecule has 0 saturated carbocycles. The quantitative estimate of drug-likeness (QED) is 0.856. The van der Waals surface area contributed by atoms with Crippen molar-refractivity contribution in [2.24, 2.45) is 0 Å². The summed E-state index contributed by atoms with van der Waals surface area (Å²) in [6.07, 6.45) is 0.993. The maximum Gasteiger partial charge on any atom is 0.131 e. The fourth-order valence-electron chi connectivity index (χ4n) is 1.72. The first-order valence-corrected chi connectivity index (χ1v) is 5.96. The largest absolute Gasteiger partial charge is 0.381 e. The van der Waals surface area contributed by atoms with Crippen molar-refractivity contribution < 1.29 is 8.78 Å². The third kappa shape index (κ3) is 3.06. The van der Waals surface area contributed by atoms with Crippen LogP contribution in [0.3, 0.4) is 0 Å². The molecule has 0 fully saturated rings. The van der Waals surface area contributed by atoms with E-state index >= 15 is 0 Å². The predicted molar refractivity (Wildman–Crippen MR) is 69.5 cm³/mol. The summed E-state index contributed by atoms with van der Waals surface area (Å²) in [5, 5.41) is 3.11. The zero-order valence-corrected chi connectivity index (χ0v) is 10.2. The van der Waals surface area contributed by atoms with Gasteiger partial charge in [-0.1, -0.05) is 25.1 Å². The predicted octanol–water partition coefficient (Wildman–Crippen LogP) is 4.14. The van der Waals surface area contributed by atoms with Crippen LogP contribution in [-0.2, 0) is 13.0 Å². The van der Waals surface area contributed by atoms with Crippen molar-refractivity contribution >= 4 is 5.69 Å². The van der Waals surface area contributed by atoms with Gasteiger partial charge in [-0.05, 0) is 30.2 Å². The first kappa shape index (κ1) is 12.6. The van der Waals surface area contributed by atoms with Gasteiger partial charge in [-0.3, -0.25) is 0 Å². The number of anilines is 1. The summed E-state index contributed by atoms with van der Waals surface area (Å²) < 4.78 is 26.1. The van der Waals surface area contributed by atoms with Crippen LogP contribution in [0.15, 0.2) is 42.5 Å². The van der Waals surface area contributed by atoms with Crippen molar-refractivity contribution in [3.8, 4) is 0 Å². The van der Waals surface area contributed by atoms with Gasteiger partial charge in [0.15, 0.2) is 0 Å². The Bertz CT molecular complexity index is 521. The van der Waals surface area contributed by atoms with Gasteiger partial charge in [-0.2, -0.15) is 0 Å². The molecule has 0 spiro atoms. The average Bonchev–Trinajstić information content (AvgIpc) is 2.38. The summed E-state index contributed by atoms with van der Waals surface area (Å²) in [5.74, 6) is -1.07. The molecule has 2 rings (SSSR count). The number of hydrogen-bond donors (Lipinski definition) is 1. The minimum atomic E-state index is -0.552. The molecule has 1 N–H and O–H groups in total. The molecular weight excluding hydrogens is 232 g/mol. The Morgan fingerprint density at radius 2 is 1.72 bits per heavy atom. The van der Waals surface area contributed by atoms with Crippen molar-refractivity contribution in [3.05, 3.63) is 65.2 Å². The minimum Gasteiger partial charge on any atom is -0.381 e. The molecule has 1 nitrogen and oxygen atoms in total. The van der Waals surface area contributed by atoms with Gasteiger partial charge in [0.2, 0.25) is 0 Å². The highest BCUT2D eigenvalue weighted by Crippen LogP contribution is 2.14. The fourth-order valence-corrected chi connectivity index (χ4v) is 1.72. The number of nitrogens with one attached hydrogen (secondary N) is 1. The smallest absolute Gasteiger partial charge is 0.131 e. The molecule has 0 aliphatic rings. The van der Waals surface area contributed by atoms with E-state index in [1.54, 1.807) is 0 Å². The Morgan fingerprint density at radius 3 is 2.33 bits per heavy atom. The molecule has 0 aromatic heterocycles. The fraction of sp³-hybridized carbons (Fsp3) is 0.200. The third-order valence-electron chi connectivity index (χ3n) is 2.86. The number of rotatable bonds is 4. The second kappa shape index (κ2) is 5.63. The topological polar surface area (TPSA) is 12.0 Å². The van der Waals surface area contributed by atoms with Gasteiger partial charge in [0, 0.05) is 23.9 Å². The molecule has 94 valence electrons. The third-order valence-corrected chi connectivity index (χ3v) is 2.86. The summed E-state index contributed by atoms with van der Waals surface area (Å²) in [6, 6.07) is 11.6. The van der Waals surface area contributed by atoms with Gasteiger partial charge in [0.05, 0.1) is 0 Å². The van der Waals surface area contributed by atoms with Crippen molar-refractivity contribution in [1.29, 1.82) is 0 Å². The molecule has 0 atom stereocenters. The van der Waals surface area contributed by atoms with E-state index in [9.17, 15) is 8.78 Å². The molecule has 2 aromatic carbocycles. The molecule has 0 unspecified atom stereocenters. The molecule has 0 heterocycles. The minimum absolute atomic E-state index is 0.345. The normalized spacial score (nSPS) is 10.4. The van der Waals surface area contributed by atoms with Crippen molar-refractivity contribution in [1.82, 2.24) is 0 Å². The summed E-state index contributed by atoms with van der Waals surface area (Å²) in [6.45, 7) is 2.44. The maximum absolute atomic E-state index is 13.4. The Hall–Kier alpha value is -1.90. The lowest BCUT2D eigenvalue weighted by Crippen LogP contribution is -2.02. The molecule has 18 heavy (non-hydrogen) atoms. The van der Waals surface area contributed by atoms with Crippen LogP contribution in [0.25, 0.3) is 0 Å². The van der Waals surface area contributed by atoms with Crippen LogP contribution < -0.4 is 5.32 Å². The summed E-state index contributed by atoms with van der Waals surface area (Å²) >= 11 is 0. The second-order valence-electron chi connectivity index (χ2n) is 4.14. The molecule has 2 aromatic rings. The van der Waals surface area contributed by atoms with Crippen LogP contribution in [0.2, 0.25) is 0 Å². The van der Waals surface area contributed by atoms with Gasteiger partial charge >= 0.3 is 0 Å². The maximum atomic E-state index is 13.4. The van der Waals surface area contributed by atoms with Crippen LogP contribution in [0.1, 0.15) is 18.1 Å². The monoisotopic (exact) mass is 247 g/mol. The number of benzene rings is 2. The van der Waals surface area contributed by atoms with Crippen LogP contribution in [0.5, 0.6) is 0 Å². The van der Waals surface area contributed by atoms with E-state index in [2.05, 4.69) is 12.2 Å². The Labute approximate surface area is 105 Å². The standard InChI is InChI=1S/C15H15F2N/c1-2-11-3-7-14(8-4-11)18-10-12-5-6-13(16)9-15(12)17/h3-9,18H,2,10H2,1H3. The van der Waals surface area contributed by atoms with Crippen LogP contribution in [0.4, 0.5) is 14.5 Å². The van der Waals surface area contributed by atoms with E-state index in [0.29, 0.717) is 12.1 Å². The molecule has 0 aliphatic heterocycles. The highest BCUT2D eigenvalue weighted by molar-refractivity contribution is 5.45. The van der Waals surface area contributed by atoms with E-state index in [-0.39, 0.29) is 0 Å². The first-order chi connectivity index (χ1) is 8.69. The van der Waals surface area contributed by atoms with Gasteiger partial charge in [0.25, 0.3) is 0 Å². The lowest BCUT2D eigenvalue weighted by atomic mass is 10.1. The van der Waals surface area contributed by atoms with Crippen LogP contribution in [-0.4, -0.2) is 0 Å². The lowest BCUT2D eigenvalue weighted by Gasteiger charge is -2.08. The summed E-state index contributed by atoms with van der Waals surface area (Å²) in [5.41, 5.74) is 2.64. The van der Waals surface area contributed by atoms with E-state index in [1.807, 2.05) is 24.3 Å². The summed E-state index contributed by atoms with van der Waals surface area (Å²) in [4.78, 5) is 0. The number of hydrogen-bond acceptors (Lipinski definition) is 1. The van der Waals surface area contributed by atoms with Gasteiger partial charge in [-0.15, -0.1) is 0 Å². The molecule has 0 saturated heterocycles. The van der Waals surface area contributed by atoms with Crippen LogP contribution in [0, 0.1) is 11.6 Å². The molecular formula is C15H15F2N. The second-order valence-corrected chi connectivity index (χ2v) is 4.14. The molecule has 0 amide bonds. The zero-order chi connectivity index (χ0) is 13.0.